The molecule has 1 N–H and O–H groups in total. The summed E-state index contributed by atoms with van der Waals surface area (Å²) in [5, 5.41) is 3.86. The molecule has 0 amide bonds. The fourth-order valence-corrected chi connectivity index (χ4v) is 3.23. The number of fused-ring (bicyclic) bond motifs is 1. The molecule has 3 nitrogen and oxygen atoms in total. The Bertz CT molecular complexity index is 994. The van der Waals surface area contributed by atoms with Crippen molar-refractivity contribution >= 4 is 40.6 Å². The molecule has 0 aliphatic heterocycles. The van der Waals surface area contributed by atoms with Gasteiger partial charge in [-0.2, -0.15) is 13.2 Å². The van der Waals surface area contributed by atoms with Gasteiger partial charge in [0, 0.05) is 23.3 Å². The Labute approximate surface area is 178 Å². The SMILES string of the molecule is CCCOc1cccc2c(NCc3ccc(C(F)(F)F)c(Cl)c3)cc(C)nc12.Cl. The molecular weight excluding hydrogens is 424 g/mol. The van der Waals surface area contributed by atoms with Crippen LogP contribution in [-0.4, -0.2) is 11.6 Å². The van der Waals surface area contributed by atoms with Crippen molar-refractivity contribution in [2.24, 2.45) is 0 Å². The van der Waals surface area contributed by atoms with E-state index in [1.165, 1.54) is 12.1 Å². The molecule has 0 fully saturated rings. The molecular formula is C21H21Cl2F3N2O. The van der Waals surface area contributed by atoms with Gasteiger partial charge in [0.15, 0.2) is 0 Å². The molecule has 0 bridgehead atoms. The second kappa shape index (κ2) is 9.55. The molecule has 0 aliphatic rings. The van der Waals surface area contributed by atoms with Gasteiger partial charge in [-0.25, -0.2) is 4.98 Å². The molecule has 0 radical (unpaired) electrons. The number of nitrogens with zero attached hydrogens (tertiary/aromatic N) is 1. The highest BCUT2D eigenvalue weighted by Gasteiger charge is 2.32. The van der Waals surface area contributed by atoms with Gasteiger partial charge < -0.3 is 10.1 Å². The average Bonchev–Trinajstić information content (AvgIpc) is 2.63. The molecule has 156 valence electrons. The molecule has 0 saturated heterocycles. The lowest BCUT2D eigenvalue weighted by molar-refractivity contribution is -0.137. The first-order chi connectivity index (χ1) is 13.3. The summed E-state index contributed by atoms with van der Waals surface area (Å²) in [7, 11) is 0. The molecule has 0 aliphatic carbocycles. The van der Waals surface area contributed by atoms with E-state index >= 15 is 0 Å². The zero-order valence-electron chi connectivity index (χ0n) is 15.9. The Morgan fingerprint density at radius 2 is 1.90 bits per heavy atom. The Hall–Kier alpha value is -2.18. The predicted molar refractivity (Wildman–Crippen MR) is 113 cm³/mol. The van der Waals surface area contributed by atoms with Gasteiger partial charge in [0.1, 0.15) is 11.3 Å². The number of para-hydroxylation sites is 1. The van der Waals surface area contributed by atoms with Crippen LogP contribution in [0.1, 0.15) is 30.2 Å². The van der Waals surface area contributed by atoms with Crippen LogP contribution in [0.25, 0.3) is 10.9 Å². The standard InChI is InChI=1S/C21H20ClF3N2O.ClH/c1-3-9-28-19-6-4-5-15-18(10-13(2)27-20(15)19)26-12-14-7-8-16(17(22)11-14)21(23,24)25;/h4-8,10-11H,3,9,12H2,1-2H3,(H,26,27);1H. The van der Waals surface area contributed by atoms with Gasteiger partial charge in [0.25, 0.3) is 0 Å². The summed E-state index contributed by atoms with van der Waals surface area (Å²) in [6.07, 6.45) is -3.57. The van der Waals surface area contributed by atoms with E-state index in [9.17, 15) is 13.2 Å². The van der Waals surface area contributed by atoms with Gasteiger partial charge in [-0.05, 0) is 43.2 Å². The van der Waals surface area contributed by atoms with Crippen molar-refractivity contribution in [3.63, 3.8) is 0 Å². The summed E-state index contributed by atoms with van der Waals surface area (Å²) in [5.74, 6) is 0.712. The first kappa shape index (κ1) is 23.1. The number of aryl methyl sites for hydroxylation is 1. The van der Waals surface area contributed by atoms with Crippen molar-refractivity contribution in [2.75, 3.05) is 11.9 Å². The smallest absolute Gasteiger partial charge is 0.417 e. The first-order valence-electron chi connectivity index (χ1n) is 8.92. The number of nitrogens with one attached hydrogen (secondary N) is 1. The van der Waals surface area contributed by atoms with Crippen molar-refractivity contribution in [2.45, 2.75) is 33.0 Å². The van der Waals surface area contributed by atoms with Crippen molar-refractivity contribution in [3.05, 3.63) is 64.3 Å². The average molecular weight is 445 g/mol. The fourth-order valence-electron chi connectivity index (χ4n) is 2.92. The van der Waals surface area contributed by atoms with Gasteiger partial charge in [0.2, 0.25) is 0 Å². The van der Waals surface area contributed by atoms with Crippen LogP contribution in [0.2, 0.25) is 5.02 Å². The number of ether oxygens (including phenoxy) is 1. The van der Waals surface area contributed by atoms with Crippen LogP contribution in [0, 0.1) is 6.92 Å². The molecule has 1 aromatic heterocycles. The van der Waals surface area contributed by atoms with Crippen LogP contribution in [0.3, 0.4) is 0 Å². The number of pyridine rings is 1. The molecule has 8 heteroatoms. The van der Waals surface area contributed by atoms with E-state index in [0.29, 0.717) is 24.5 Å². The van der Waals surface area contributed by atoms with E-state index in [-0.39, 0.29) is 17.4 Å². The highest BCUT2D eigenvalue weighted by Crippen LogP contribution is 2.35. The third-order valence-corrected chi connectivity index (χ3v) is 4.53. The number of alkyl halides is 3. The van der Waals surface area contributed by atoms with Crippen molar-refractivity contribution in [1.29, 1.82) is 0 Å². The Balaban J connectivity index is 0.00000300. The minimum Gasteiger partial charge on any atom is -0.491 e. The molecule has 2 aromatic carbocycles. The van der Waals surface area contributed by atoms with Crippen molar-refractivity contribution in [1.82, 2.24) is 4.98 Å². The van der Waals surface area contributed by atoms with E-state index in [1.807, 2.05) is 38.1 Å². The van der Waals surface area contributed by atoms with Crippen LogP contribution in [-0.2, 0) is 12.7 Å². The summed E-state index contributed by atoms with van der Waals surface area (Å²) >= 11 is 5.81. The maximum Gasteiger partial charge on any atom is 0.417 e. The largest absolute Gasteiger partial charge is 0.491 e. The quantitative estimate of drug-likeness (QED) is 0.442. The van der Waals surface area contributed by atoms with Crippen molar-refractivity contribution < 1.29 is 17.9 Å². The van der Waals surface area contributed by atoms with E-state index in [2.05, 4.69) is 10.3 Å². The molecule has 3 rings (SSSR count). The molecule has 0 saturated carbocycles. The number of halogens is 5. The highest BCUT2D eigenvalue weighted by molar-refractivity contribution is 6.31. The molecule has 3 aromatic rings. The third-order valence-electron chi connectivity index (χ3n) is 4.21. The van der Waals surface area contributed by atoms with E-state index < -0.39 is 11.7 Å². The molecule has 0 unspecified atom stereocenters. The lowest BCUT2D eigenvalue weighted by atomic mass is 10.1. The van der Waals surface area contributed by atoms with Gasteiger partial charge in [-0.15, -0.1) is 12.4 Å². The summed E-state index contributed by atoms with van der Waals surface area (Å²) in [4.78, 5) is 4.59. The van der Waals surface area contributed by atoms with E-state index in [4.69, 9.17) is 16.3 Å². The second-order valence-corrected chi connectivity index (χ2v) is 6.88. The molecule has 29 heavy (non-hydrogen) atoms. The fraction of sp³-hybridized carbons (Fsp3) is 0.286. The van der Waals surface area contributed by atoms with E-state index in [1.54, 1.807) is 0 Å². The minimum atomic E-state index is -4.46. The number of hydrogen-bond donors (Lipinski definition) is 1. The zero-order valence-corrected chi connectivity index (χ0v) is 17.5. The van der Waals surface area contributed by atoms with Crippen LogP contribution in [0.4, 0.5) is 18.9 Å². The van der Waals surface area contributed by atoms with Gasteiger partial charge >= 0.3 is 6.18 Å². The minimum absolute atomic E-state index is 0. The monoisotopic (exact) mass is 444 g/mol. The maximum absolute atomic E-state index is 12.9. The molecule has 0 atom stereocenters. The number of anilines is 1. The Kier molecular flexibility index (Phi) is 7.60. The van der Waals surface area contributed by atoms with Gasteiger partial charge in [0.05, 0.1) is 17.2 Å². The van der Waals surface area contributed by atoms with Gasteiger partial charge in [-0.3, -0.25) is 0 Å². The van der Waals surface area contributed by atoms with Crippen LogP contribution in [0.15, 0.2) is 42.5 Å². The topological polar surface area (TPSA) is 34.1 Å². The van der Waals surface area contributed by atoms with Crippen molar-refractivity contribution in [3.8, 4) is 5.75 Å². The summed E-state index contributed by atoms with van der Waals surface area (Å²) in [5.41, 5.74) is 2.22. The predicted octanol–water partition coefficient (Wildman–Crippen LogP) is 7.04. The zero-order chi connectivity index (χ0) is 20.3. The normalized spacial score (nSPS) is 11.2. The number of rotatable bonds is 6. The highest BCUT2D eigenvalue weighted by atomic mass is 35.5. The lowest BCUT2D eigenvalue weighted by Gasteiger charge is -2.14. The lowest BCUT2D eigenvalue weighted by Crippen LogP contribution is -2.07. The summed E-state index contributed by atoms with van der Waals surface area (Å²) < 4.78 is 44.4. The molecule has 1 heterocycles. The third kappa shape index (κ3) is 5.46. The number of hydrogen-bond acceptors (Lipinski definition) is 3. The summed E-state index contributed by atoms with van der Waals surface area (Å²) in [6, 6.07) is 11.4. The Morgan fingerprint density at radius 1 is 1.14 bits per heavy atom. The first-order valence-corrected chi connectivity index (χ1v) is 9.30. The van der Waals surface area contributed by atoms with Gasteiger partial charge in [-0.1, -0.05) is 36.7 Å². The van der Waals surface area contributed by atoms with Crippen LogP contribution < -0.4 is 10.1 Å². The molecule has 0 spiro atoms. The van der Waals surface area contributed by atoms with Crippen LogP contribution >= 0.6 is 24.0 Å². The maximum atomic E-state index is 12.9. The Morgan fingerprint density at radius 3 is 2.55 bits per heavy atom. The summed E-state index contributed by atoms with van der Waals surface area (Å²) in [6.45, 7) is 4.85. The van der Waals surface area contributed by atoms with E-state index in [0.717, 1.165) is 34.8 Å². The second-order valence-electron chi connectivity index (χ2n) is 6.48. The number of aromatic nitrogens is 1. The van der Waals surface area contributed by atoms with Crippen LogP contribution in [0.5, 0.6) is 5.75 Å². The number of benzene rings is 2.